The fourth-order valence-electron chi connectivity index (χ4n) is 2.47. The van der Waals surface area contributed by atoms with E-state index in [9.17, 15) is 9.59 Å². The first-order valence-electron chi connectivity index (χ1n) is 8.07. The summed E-state index contributed by atoms with van der Waals surface area (Å²) in [5.41, 5.74) is 13.0. The largest absolute Gasteiger partial charge is 0.427 e. The van der Waals surface area contributed by atoms with Gasteiger partial charge in [0.2, 0.25) is 0 Å². The van der Waals surface area contributed by atoms with Crippen LogP contribution in [0.25, 0.3) is 0 Å². The summed E-state index contributed by atoms with van der Waals surface area (Å²) < 4.78 is 10.7. The lowest BCUT2D eigenvalue weighted by molar-refractivity contribution is 0.0602. The highest BCUT2D eigenvalue weighted by atomic mass is 16.5. The third-order valence-electron chi connectivity index (χ3n) is 3.72. The Morgan fingerprint density at radius 2 is 1.42 bits per heavy atom. The van der Waals surface area contributed by atoms with Gasteiger partial charge >= 0.3 is 11.9 Å². The lowest BCUT2D eigenvalue weighted by Gasteiger charge is -2.14. The van der Waals surface area contributed by atoms with Gasteiger partial charge in [0.1, 0.15) is 11.5 Å². The molecule has 0 atom stereocenters. The molecule has 1 aliphatic rings. The maximum Gasteiger partial charge on any atom is 0.343 e. The van der Waals surface area contributed by atoms with Crippen molar-refractivity contribution in [3.63, 3.8) is 0 Å². The topological polar surface area (TPSA) is 105 Å². The second-order valence-electron chi connectivity index (χ2n) is 5.79. The molecule has 6 nitrogen and oxygen atoms in total. The van der Waals surface area contributed by atoms with E-state index in [2.05, 4.69) is 0 Å². The van der Waals surface area contributed by atoms with Gasteiger partial charge in [-0.15, -0.1) is 0 Å². The van der Waals surface area contributed by atoms with E-state index in [0.29, 0.717) is 46.9 Å². The van der Waals surface area contributed by atoms with Crippen molar-refractivity contribution in [2.75, 3.05) is 11.5 Å². The summed E-state index contributed by atoms with van der Waals surface area (Å²) in [4.78, 5) is 24.4. The van der Waals surface area contributed by atoms with Crippen LogP contribution in [0.15, 0.2) is 72.2 Å². The highest BCUT2D eigenvalue weighted by Gasteiger charge is 2.16. The molecule has 1 aliphatic carbocycles. The van der Waals surface area contributed by atoms with Crippen molar-refractivity contribution in [2.24, 2.45) is 0 Å². The molecular weight excluding hydrogens is 332 g/mol. The molecule has 3 rings (SSSR count). The van der Waals surface area contributed by atoms with E-state index in [0.717, 1.165) is 0 Å². The number of hydrogen-bond acceptors (Lipinski definition) is 6. The number of esters is 2. The summed E-state index contributed by atoms with van der Waals surface area (Å²) in [5.74, 6) is -0.274. The van der Waals surface area contributed by atoms with Crippen molar-refractivity contribution in [3.05, 3.63) is 83.3 Å². The standard InChI is InChI=1S/C20H18N2O4/c21-15-6-1-4-13(10-15)19(23)25-17-8-3-9-18(12-17)26-20(24)14-5-2-7-16(22)11-14/h1-2,4-8,10-12H,3,9,21-22H2. The lowest BCUT2D eigenvalue weighted by atomic mass is 10.1. The van der Waals surface area contributed by atoms with E-state index in [-0.39, 0.29) is 0 Å². The molecule has 4 N–H and O–H groups in total. The van der Waals surface area contributed by atoms with Gasteiger partial charge < -0.3 is 20.9 Å². The number of hydrogen-bond donors (Lipinski definition) is 2. The number of rotatable bonds is 4. The van der Waals surface area contributed by atoms with E-state index in [1.165, 1.54) is 12.1 Å². The van der Waals surface area contributed by atoms with Crippen LogP contribution in [0.1, 0.15) is 33.6 Å². The SMILES string of the molecule is Nc1cccc(C(=O)OC2=CCCC(OC(=O)c3cccc(N)c3)=C2)c1. The minimum Gasteiger partial charge on any atom is -0.427 e. The molecule has 0 bridgehead atoms. The highest BCUT2D eigenvalue weighted by molar-refractivity contribution is 5.92. The first kappa shape index (κ1) is 17.3. The van der Waals surface area contributed by atoms with Gasteiger partial charge in [0.15, 0.2) is 0 Å². The fourth-order valence-corrected chi connectivity index (χ4v) is 2.47. The van der Waals surface area contributed by atoms with Gasteiger partial charge in [-0.25, -0.2) is 9.59 Å². The summed E-state index contributed by atoms with van der Waals surface area (Å²) in [6.07, 6.45) is 4.43. The molecule has 0 saturated heterocycles. The molecule has 0 aromatic heterocycles. The Balaban J connectivity index is 1.67. The van der Waals surface area contributed by atoms with Gasteiger partial charge in [0, 0.05) is 23.9 Å². The van der Waals surface area contributed by atoms with Crippen LogP contribution in [0.3, 0.4) is 0 Å². The summed E-state index contributed by atoms with van der Waals surface area (Å²) >= 11 is 0. The number of benzene rings is 2. The minimum absolute atomic E-state index is 0.332. The first-order chi connectivity index (χ1) is 12.5. The molecule has 2 aromatic rings. The molecule has 0 radical (unpaired) electrons. The van der Waals surface area contributed by atoms with Crippen LogP contribution in [-0.4, -0.2) is 11.9 Å². The molecule has 6 heteroatoms. The van der Waals surface area contributed by atoms with Crippen LogP contribution in [0.5, 0.6) is 0 Å². The Morgan fingerprint density at radius 1 is 0.846 bits per heavy atom. The van der Waals surface area contributed by atoms with E-state index < -0.39 is 11.9 Å². The van der Waals surface area contributed by atoms with Crippen molar-refractivity contribution in [1.82, 2.24) is 0 Å². The first-order valence-corrected chi connectivity index (χ1v) is 8.07. The van der Waals surface area contributed by atoms with Crippen LogP contribution in [-0.2, 0) is 9.47 Å². The second kappa shape index (κ2) is 7.57. The van der Waals surface area contributed by atoms with Gasteiger partial charge in [-0.05, 0) is 48.9 Å². The predicted octanol–water partition coefficient (Wildman–Crippen LogP) is 3.43. The molecule has 0 aliphatic heterocycles. The molecule has 26 heavy (non-hydrogen) atoms. The van der Waals surface area contributed by atoms with E-state index in [1.807, 2.05) is 0 Å². The number of carbonyl (C=O) groups is 2. The number of carbonyl (C=O) groups excluding carboxylic acids is 2. The summed E-state index contributed by atoms with van der Waals surface area (Å²) in [6, 6.07) is 13.1. The quantitative estimate of drug-likeness (QED) is 0.646. The smallest absolute Gasteiger partial charge is 0.343 e. The summed E-state index contributed by atoms with van der Waals surface area (Å²) in [6.45, 7) is 0. The molecule has 0 amide bonds. The lowest BCUT2D eigenvalue weighted by Crippen LogP contribution is -2.10. The van der Waals surface area contributed by atoms with Crippen LogP contribution >= 0.6 is 0 Å². The third kappa shape index (κ3) is 4.30. The second-order valence-corrected chi connectivity index (χ2v) is 5.79. The molecule has 0 spiro atoms. The van der Waals surface area contributed by atoms with E-state index in [1.54, 1.807) is 48.5 Å². The van der Waals surface area contributed by atoms with E-state index in [4.69, 9.17) is 20.9 Å². The zero-order chi connectivity index (χ0) is 18.5. The molecule has 2 aromatic carbocycles. The van der Waals surface area contributed by atoms with Crippen LogP contribution < -0.4 is 11.5 Å². The van der Waals surface area contributed by atoms with Crippen LogP contribution in [0.2, 0.25) is 0 Å². The van der Waals surface area contributed by atoms with Gasteiger partial charge in [0.25, 0.3) is 0 Å². The van der Waals surface area contributed by atoms with Gasteiger partial charge in [-0.2, -0.15) is 0 Å². The fraction of sp³-hybridized carbons (Fsp3) is 0.100. The van der Waals surface area contributed by atoms with E-state index >= 15 is 0 Å². The predicted molar refractivity (Wildman–Crippen MR) is 97.9 cm³/mol. The molecule has 0 fully saturated rings. The average Bonchev–Trinajstić information content (AvgIpc) is 2.62. The zero-order valence-electron chi connectivity index (χ0n) is 14.0. The molecule has 132 valence electrons. The number of anilines is 2. The van der Waals surface area contributed by atoms with Crippen LogP contribution in [0, 0.1) is 0 Å². The maximum atomic E-state index is 12.2. The summed E-state index contributed by atoms with van der Waals surface area (Å²) in [5, 5.41) is 0. The van der Waals surface area contributed by atoms with Crippen molar-refractivity contribution in [1.29, 1.82) is 0 Å². The van der Waals surface area contributed by atoms with Gasteiger partial charge in [-0.1, -0.05) is 12.1 Å². The van der Waals surface area contributed by atoms with Crippen LogP contribution in [0.4, 0.5) is 11.4 Å². The molecule has 0 unspecified atom stereocenters. The summed E-state index contributed by atoms with van der Waals surface area (Å²) in [7, 11) is 0. The molecule has 0 heterocycles. The Kier molecular flexibility index (Phi) is 5.03. The Hall–Kier alpha value is -3.54. The third-order valence-corrected chi connectivity index (χ3v) is 3.72. The molecular formula is C20H18N2O4. The highest BCUT2D eigenvalue weighted by Crippen LogP contribution is 2.22. The average molecular weight is 350 g/mol. The Bertz CT molecular complexity index is 916. The number of nitrogens with two attached hydrogens (primary N) is 2. The van der Waals surface area contributed by atoms with Crippen molar-refractivity contribution in [2.45, 2.75) is 12.8 Å². The van der Waals surface area contributed by atoms with Crippen molar-refractivity contribution in [3.8, 4) is 0 Å². The number of nitrogen functional groups attached to an aromatic ring is 2. The van der Waals surface area contributed by atoms with Gasteiger partial charge in [0.05, 0.1) is 11.1 Å². The maximum absolute atomic E-state index is 12.2. The minimum atomic E-state index is -0.525. The Morgan fingerprint density at radius 3 is 2.00 bits per heavy atom. The zero-order valence-corrected chi connectivity index (χ0v) is 14.0. The number of ether oxygens (including phenoxy) is 2. The molecule has 0 saturated carbocycles. The van der Waals surface area contributed by atoms with Gasteiger partial charge in [-0.3, -0.25) is 0 Å². The van der Waals surface area contributed by atoms with Crippen molar-refractivity contribution >= 4 is 23.3 Å². The Labute approximate surface area is 150 Å². The van der Waals surface area contributed by atoms with Crippen molar-refractivity contribution < 1.29 is 19.1 Å². The number of allylic oxidation sites excluding steroid dienone is 3. The normalized spacial score (nSPS) is 13.4. The monoisotopic (exact) mass is 350 g/mol.